The first-order valence-electron chi connectivity index (χ1n) is 7.32. The average molecular weight is 388 g/mol. The van der Waals surface area contributed by atoms with E-state index in [2.05, 4.69) is 4.72 Å². The van der Waals surface area contributed by atoms with Crippen molar-refractivity contribution in [3.63, 3.8) is 0 Å². The number of aryl methyl sites for hydroxylation is 1. The number of sulfonamides is 1. The van der Waals surface area contributed by atoms with Crippen molar-refractivity contribution in [1.29, 1.82) is 0 Å². The van der Waals surface area contributed by atoms with Gasteiger partial charge in [-0.15, -0.1) is 0 Å². The van der Waals surface area contributed by atoms with Crippen LogP contribution in [0, 0.1) is 6.92 Å². The third-order valence-corrected chi connectivity index (χ3v) is 5.78. The molecule has 2 aromatic carbocycles. The van der Waals surface area contributed by atoms with Gasteiger partial charge in [0.05, 0.1) is 22.8 Å². The highest BCUT2D eigenvalue weighted by molar-refractivity contribution is 7.92. The number of benzene rings is 2. The molecule has 24 heavy (non-hydrogen) atoms. The van der Waals surface area contributed by atoms with E-state index in [4.69, 9.17) is 27.9 Å². The van der Waals surface area contributed by atoms with Gasteiger partial charge in [-0.3, -0.25) is 4.72 Å². The Hall–Kier alpha value is -1.43. The molecule has 0 aliphatic heterocycles. The molecule has 0 heterocycles. The molecule has 0 aromatic heterocycles. The third kappa shape index (κ3) is 3.97. The monoisotopic (exact) mass is 387 g/mol. The van der Waals surface area contributed by atoms with Crippen molar-refractivity contribution >= 4 is 38.9 Å². The molecule has 0 atom stereocenters. The van der Waals surface area contributed by atoms with E-state index in [0.717, 1.165) is 11.1 Å². The third-order valence-electron chi connectivity index (χ3n) is 3.64. The summed E-state index contributed by atoms with van der Waals surface area (Å²) in [5, 5.41) is 0.630. The molecule has 0 radical (unpaired) electrons. The van der Waals surface area contributed by atoms with Gasteiger partial charge in [0.2, 0.25) is 0 Å². The first kappa shape index (κ1) is 18.9. The second-order valence-electron chi connectivity index (χ2n) is 5.75. The van der Waals surface area contributed by atoms with Crippen LogP contribution in [0.3, 0.4) is 0 Å². The van der Waals surface area contributed by atoms with Gasteiger partial charge in [0.1, 0.15) is 10.6 Å². The fourth-order valence-electron chi connectivity index (χ4n) is 2.44. The summed E-state index contributed by atoms with van der Waals surface area (Å²) in [6, 6.07) is 7.94. The van der Waals surface area contributed by atoms with Crippen molar-refractivity contribution in [3.05, 3.63) is 51.5 Å². The largest absolute Gasteiger partial charge is 0.495 e. The lowest BCUT2D eigenvalue weighted by Gasteiger charge is -2.17. The number of hydrogen-bond donors (Lipinski definition) is 1. The number of halogens is 2. The van der Waals surface area contributed by atoms with E-state index in [-0.39, 0.29) is 15.8 Å². The zero-order valence-electron chi connectivity index (χ0n) is 13.9. The predicted molar refractivity (Wildman–Crippen MR) is 99.1 cm³/mol. The minimum Gasteiger partial charge on any atom is -0.495 e. The smallest absolute Gasteiger partial charge is 0.265 e. The molecule has 2 aromatic rings. The number of nitrogens with one attached hydrogen (secondary N) is 1. The maximum absolute atomic E-state index is 12.8. The summed E-state index contributed by atoms with van der Waals surface area (Å²) in [4.78, 5) is 0.0883. The zero-order chi connectivity index (χ0) is 18.1. The van der Waals surface area contributed by atoms with E-state index >= 15 is 0 Å². The lowest BCUT2D eigenvalue weighted by Crippen LogP contribution is -2.15. The number of anilines is 1. The van der Waals surface area contributed by atoms with Crippen LogP contribution < -0.4 is 9.46 Å². The molecule has 0 saturated heterocycles. The molecule has 0 aliphatic rings. The minimum atomic E-state index is -3.84. The number of methoxy groups -OCH3 is 1. The van der Waals surface area contributed by atoms with Crippen molar-refractivity contribution in [2.45, 2.75) is 31.6 Å². The lowest BCUT2D eigenvalue weighted by atomic mass is 9.98. The van der Waals surface area contributed by atoms with Gasteiger partial charge in [-0.05, 0) is 54.3 Å². The SMILES string of the molecule is COc1cc(C)c(C(C)C)cc1S(=O)(=O)Nc1ccc(Cl)c(Cl)c1. The van der Waals surface area contributed by atoms with Gasteiger partial charge in [0, 0.05) is 0 Å². The van der Waals surface area contributed by atoms with Crippen LogP contribution in [0.2, 0.25) is 10.0 Å². The van der Waals surface area contributed by atoms with Crippen LogP contribution in [-0.2, 0) is 10.0 Å². The number of ether oxygens (including phenoxy) is 1. The van der Waals surface area contributed by atoms with Crippen molar-refractivity contribution in [1.82, 2.24) is 0 Å². The van der Waals surface area contributed by atoms with Crippen molar-refractivity contribution in [2.24, 2.45) is 0 Å². The van der Waals surface area contributed by atoms with Gasteiger partial charge < -0.3 is 4.74 Å². The van der Waals surface area contributed by atoms with Gasteiger partial charge in [0.25, 0.3) is 10.0 Å². The molecule has 0 fully saturated rings. The summed E-state index contributed by atoms with van der Waals surface area (Å²) in [5.74, 6) is 0.485. The fraction of sp³-hybridized carbons (Fsp3) is 0.294. The Bertz CT molecular complexity index is 864. The van der Waals surface area contributed by atoms with Crippen LogP contribution in [-0.4, -0.2) is 15.5 Å². The molecule has 1 N–H and O–H groups in total. The van der Waals surface area contributed by atoms with Crippen LogP contribution in [0.15, 0.2) is 35.2 Å². The minimum absolute atomic E-state index is 0.0883. The zero-order valence-corrected chi connectivity index (χ0v) is 16.2. The maximum atomic E-state index is 12.8. The number of rotatable bonds is 5. The Labute approximate surface area is 152 Å². The maximum Gasteiger partial charge on any atom is 0.265 e. The van der Waals surface area contributed by atoms with Crippen molar-refractivity contribution in [3.8, 4) is 5.75 Å². The summed E-state index contributed by atoms with van der Waals surface area (Å²) in [6.45, 7) is 5.95. The standard InChI is InChI=1S/C17H19Cl2NO3S/c1-10(2)13-9-17(16(23-4)7-11(13)3)24(21,22)20-12-5-6-14(18)15(19)8-12/h5-10,20H,1-4H3. The van der Waals surface area contributed by atoms with Crippen LogP contribution in [0.25, 0.3) is 0 Å². The molecule has 0 aliphatic carbocycles. The molecule has 0 saturated carbocycles. The van der Waals surface area contributed by atoms with E-state index in [1.165, 1.54) is 19.2 Å². The molecule has 0 unspecified atom stereocenters. The van der Waals surface area contributed by atoms with Crippen molar-refractivity contribution < 1.29 is 13.2 Å². The molecule has 0 spiro atoms. The Morgan fingerprint density at radius 1 is 1.08 bits per heavy atom. The van der Waals surface area contributed by atoms with Crippen molar-refractivity contribution in [2.75, 3.05) is 11.8 Å². The summed E-state index contributed by atoms with van der Waals surface area (Å²) in [7, 11) is -2.39. The Morgan fingerprint density at radius 3 is 2.29 bits per heavy atom. The van der Waals surface area contributed by atoms with E-state index in [0.29, 0.717) is 16.5 Å². The normalized spacial score (nSPS) is 11.6. The highest BCUT2D eigenvalue weighted by Gasteiger charge is 2.22. The fourth-order valence-corrected chi connectivity index (χ4v) is 3.97. The van der Waals surface area contributed by atoms with E-state index < -0.39 is 10.0 Å². The molecule has 130 valence electrons. The molecular weight excluding hydrogens is 369 g/mol. The van der Waals surface area contributed by atoms with Crippen LogP contribution in [0.1, 0.15) is 30.9 Å². The first-order valence-corrected chi connectivity index (χ1v) is 9.56. The first-order chi connectivity index (χ1) is 11.2. The van der Waals surface area contributed by atoms with Gasteiger partial charge in [-0.25, -0.2) is 8.42 Å². The summed E-state index contributed by atoms with van der Waals surface area (Å²) in [5.41, 5.74) is 2.26. The van der Waals surface area contributed by atoms with E-state index in [9.17, 15) is 8.42 Å². The topological polar surface area (TPSA) is 55.4 Å². The predicted octanol–water partition coefficient (Wildman–Crippen LogP) is 5.23. The Kier molecular flexibility index (Phi) is 5.68. The Balaban J connectivity index is 2.51. The van der Waals surface area contributed by atoms with Crippen LogP contribution in [0.4, 0.5) is 5.69 Å². The lowest BCUT2D eigenvalue weighted by molar-refractivity contribution is 0.402. The second-order valence-corrected chi connectivity index (χ2v) is 8.21. The second kappa shape index (κ2) is 7.21. The number of hydrogen-bond acceptors (Lipinski definition) is 3. The van der Waals surface area contributed by atoms with Gasteiger partial charge in [-0.1, -0.05) is 37.0 Å². The van der Waals surface area contributed by atoms with Crippen LogP contribution in [0.5, 0.6) is 5.75 Å². The summed E-state index contributed by atoms with van der Waals surface area (Å²) in [6.07, 6.45) is 0. The molecular formula is C17H19Cl2NO3S. The van der Waals surface area contributed by atoms with Gasteiger partial charge in [0.15, 0.2) is 0 Å². The van der Waals surface area contributed by atoms with Gasteiger partial charge >= 0.3 is 0 Å². The average Bonchev–Trinajstić information content (AvgIpc) is 2.49. The van der Waals surface area contributed by atoms with E-state index in [1.807, 2.05) is 20.8 Å². The van der Waals surface area contributed by atoms with Gasteiger partial charge in [-0.2, -0.15) is 0 Å². The molecule has 0 amide bonds. The molecule has 0 bridgehead atoms. The van der Waals surface area contributed by atoms with Crippen LogP contribution >= 0.6 is 23.2 Å². The van der Waals surface area contributed by atoms with E-state index in [1.54, 1.807) is 18.2 Å². The molecule has 7 heteroatoms. The molecule has 4 nitrogen and oxygen atoms in total. The summed E-state index contributed by atoms with van der Waals surface area (Å²) < 4.78 is 33.4. The summed E-state index contributed by atoms with van der Waals surface area (Å²) >= 11 is 11.8. The highest BCUT2D eigenvalue weighted by Crippen LogP contribution is 2.33. The molecule has 2 rings (SSSR count). The quantitative estimate of drug-likeness (QED) is 0.763. The highest BCUT2D eigenvalue weighted by atomic mass is 35.5. The Morgan fingerprint density at radius 2 is 1.75 bits per heavy atom.